The number of likely N-dealkylation sites (N-methyl/N-ethyl adjacent to an activating group) is 1. The van der Waals surface area contributed by atoms with E-state index in [0.29, 0.717) is 12.2 Å². The van der Waals surface area contributed by atoms with Crippen molar-refractivity contribution in [3.8, 4) is 5.69 Å². The van der Waals surface area contributed by atoms with Crippen LogP contribution in [-0.4, -0.2) is 58.1 Å². The average molecular weight is 369 g/mol. The normalized spacial score (nSPS) is 19.9. The molecule has 0 aliphatic carbocycles. The standard InChI is InChI=1S/C20H27N5O2/c1-3-24-10-9-17-15(13-24)6-4-8-18(17)25-14(2)19(22-23-25)20(26)21-12-16-7-5-11-27-16/h4,6,8,16H,3,5,7,9-13H2,1-2H3,(H,21,26)/t16-/m0/s1. The molecule has 2 aliphatic rings. The molecule has 1 aromatic heterocycles. The average Bonchev–Trinajstić information content (AvgIpc) is 3.35. The first-order valence-electron chi connectivity index (χ1n) is 9.83. The summed E-state index contributed by atoms with van der Waals surface area (Å²) >= 11 is 0. The minimum absolute atomic E-state index is 0.118. The summed E-state index contributed by atoms with van der Waals surface area (Å²) in [4.78, 5) is 15.0. The van der Waals surface area contributed by atoms with Gasteiger partial charge in [0.15, 0.2) is 5.69 Å². The molecule has 1 amide bonds. The second kappa shape index (κ2) is 7.78. The van der Waals surface area contributed by atoms with Crippen molar-refractivity contribution in [2.24, 2.45) is 0 Å². The third-order valence-corrected chi connectivity index (χ3v) is 5.62. The number of carbonyl (C=O) groups is 1. The van der Waals surface area contributed by atoms with E-state index in [4.69, 9.17) is 4.74 Å². The van der Waals surface area contributed by atoms with E-state index in [-0.39, 0.29) is 12.0 Å². The van der Waals surface area contributed by atoms with Crippen molar-refractivity contribution in [2.75, 3.05) is 26.2 Å². The quantitative estimate of drug-likeness (QED) is 0.871. The maximum atomic E-state index is 12.5. The number of rotatable bonds is 5. The Kier molecular flexibility index (Phi) is 5.22. The van der Waals surface area contributed by atoms with Crippen molar-refractivity contribution < 1.29 is 9.53 Å². The number of amides is 1. The van der Waals surface area contributed by atoms with Crippen LogP contribution in [0.25, 0.3) is 5.69 Å². The number of nitrogens with one attached hydrogen (secondary N) is 1. The number of fused-ring (bicyclic) bond motifs is 1. The maximum Gasteiger partial charge on any atom is 0.273 e. The van der Waals surface area contributed by atoms with Crippen molar-refractivity contribution >= 4 is 5.91 Å². The largest absolute Gasteiger partial charge is 0.376 e. The lowest BCUT2D eigenvalue weighted by Gasteiger charge is -2.29. The molecule has 1 saturated heterocycles. The second-order valence-electron chi connectivity index (χ2n) is 7.31. The Morgan fingerprint density at radius 2 is 2.30 bits per heavy atom. The maximum absolute atomic E-state index is 12.5. The van der Waals surface area contributed by atoms with Gasteiger partial charge in [-0.3, -0.25) is 9.69 Å². The lowest BCUT2D eigenvalue weighted by atomic mass is 9.97. The molecule has 27 heavy (non-hydrogen) atoms. The highest BCUT2D eigenvalue weighted by Crippen LogP contribution is 2.26. The van der Waals surface area contributed by atoms with Gasteiger partial charge in [-0.25, -0.2) is 4.68 Å². The number of benzene rings is 1. The monoisotopic (exact) mass is 369 g/mol. The van der Waals surface area contributed by atoms with Crippen LogP contribution in [0.4, 0.5) is 0 Å². The van der Waals surface area contributed by atoms with E-state index >= 15 is 0 Å². The smallest absolute Gasteiger partial charge is 0.273 e. The predicted molar refractivity (Wildman–Crippen MR) is 102 cm³/mol. The van der Waals surface area contributed by atoms with Gasteiger partial charge in [-0.1, -0.05) is 24.3 Å². The Labute approximate surface area is 159 Å². The third-order valence-electron chi connectivity index (χ3n) is 5.62. The molecular formula is C20H27N5O2. The first kappa shape index (κ1) is 18.1. The number of hydrogen-bond acceptors (Lipinski definition) is 5. The van der Waals surface area contributed by atoms with Gasteiger partial charge < -0.3 is 10.1 Å². The van der Waals surface area contributed by atoms with Crippen LogP contribution in [0.3, 0.4) is 0 Å². The molecule has 1 N–H and O–H groups in total. The molecule has 3 heterocycles. The Morgan fingerprint density at radius 3 is 3.07 bits per heavy atom. The minimum Gasteiger partial charge on any atom is -0.376 e. The highest BCUT2D eigenvalue weighted by atomic mass is 16.5. The molecule has 4 rings (SSSR count). The van der Waals surface area contributed by atoms with Crippen LogP contribution < -0.4 is 5.32 Å². The predicted octanol–water partition coefficient (Wildman–Crippen LogP) is 1.86. The lowest BCUT2D eigenvalue weighted by molar-refractivity contribution is 0.0853. The summed E-state index contributed by atoms with van der Waals surface area (Å²) in [6.07, 6.45) is 3.16. The highest BCUT2D eigenvalue weighted by Gasteiger charge is 2.23. The van der Waals surface area contributed by atoms with Gasteiger partial charge in [0.05, 0.1) is 17.5 Å². The van der Waals surface area contributed by atoms with Gasteiger partial charge >= 0.3 is 0 Å². The fourth-order valence-electron chi connectivity index (χ4n) is 3.98. The second-order valence-corrected chi connectivity index (χ2v) is 7.31. The van der Waals surface area contributed by atoms with Gasteiger partial charge in [0.25, 0.3) is 5.91 Å². The number of hydrogen-bond donors (Lipinski definition) is 1. The molecule has 7 nitrogen and oxygen atoms in total. The Bertz CT molecular complexity index is 826. The number of aromatic nitrogens is 3. The molecule has 0 saturated carbocycles. The van der Waals surface area contributed by atoms with Crippen molar-refractivity contribution in [1.29, 1.82) is 0 Å². The zero-order valence-corrected chi connectivity index (χ0v) is 16.1. The topological polar surface area (TPSA) is 72.3 Å². The van der Waals surface area contributed by atoms with Crippen molar-refractivity contribution in [3.63, 3.8) is 0 Å². The molecule has 1 aromatic carbocycles. The Hall–Kier alpha value is -2.25. The van der Waals surface area contributed by atoms with Crippen molar-refractivity contribution in [2.45, 2.75) is 45.8 Å². The van der Waals surface area contributed by atoms with Gasteiger partial charge in [0.2, 0.25) is 0 Å². The zero-order chi connectivity index (χ0) is 18.8. The summed E-state index contributed by atoms with van der Waals surface area (Å²) in [6.45, 7) is 8.47. The summed E-state index contributed by atoms with van der Waals surface area (Å²) in [6, 6.07) is 6.31. The molecule has 0 radical (unpaired) electrons. The van der Waals surface area contributed by atoms with E-state index in [1.54, 1.807) is 4.68 Å². The van der Waals surface area contributed by atoms with Gasteiger partial charge in [-0.2, -0.15) is 0 Å². The minimum atomic E-state index is -0.184. The van der Waals surface area contributed by atoms with Gasteiger partial charge in [-0.15, -0.1) is 5.10 Å². The first-order valence-corrected chi connectivity index (χ1v) is 9.83. The highest BCUT2D eigenvalue weighted by molar-refractivity contribution is 5.93. The van der Waals surface area contributed by atoms with E-state index in [0.717, 1.165) is 56.9 Å². The van der Waals surface area contributed by atoms with Crippen LogP contribution in [0, 0.1) is 6.92 Å². The molecule has 2 aromatic rings. The molecule has 0 spiro atoms. The van der Waals surface area contributed by atoms with Crippen LogP contribution in [0.15, 0.2) is 18.2 Å². The molecule has 144 valence electrons. The van der Waals surface area contributed by atoms with Gasteiger partial charge in [-0.05, 0) is 49.9 Å². The molecule has 0 unspecified atom stereocenters. The lowest BCUT2D eigenvalue weighted by Crippen LogP contribution is -2.32. The van der Waals surface area contributed by atoms with Crippen LogP contribution in [0.2, 0.25) is 0 Å². The molecule has 7 heteroatoms. The van der Waals surface area contributed by atoms with Crippen LogP contribution in [0.5, 0.6) is 0 Å². The fraction of sp³-hybridized carbons (Fsp3) is 0.550. The first-order chi connectivity index (χ1) is 13.2. The van der Waals surface area contributed by atoms with Crippen LogP contribution in [-0.2, 0) is 17.7 Å². The van der Waals surface area contributed by atoms with Crippen LogP contribution >= 0.6 is 0 Å². The Morgan fingerprint density at radius 1 is 1.41 bits per heavy atom. The van der Waals surface area contributed by atoms with E-state index in [1.807, 2.05) is 6.92 Å². The summed E-state index contributed by atoms with van der Waals surface area (Å²) in [5.41, 5.74) is 4.83. The van der Waals surface area contributed by atoms with Gasteiger partial charge in [0, 0.05) is 26.2 Å². The molecular weight excluding hydrogens is 342 g/mol. The van der Waals surface area contributed by atoms with E-state index < -0.39 is 0 Å². The number of ether oxygens (including phenoxy) is 1. The molecule has 2 aliphatic heterocycles. The summed E-state index contributed by atoms with van der Waals surface area (Å²) in [5.74, 6) is -0.184. The van der Waals surface area contributed by atoms with Crippen molar-refractivity contribution in [1.82, 2.24) is 25.2 Å². The van der Waals surface area contributed by atoms with Gasteiger partial charge in [0.1, 0.15) is 0 Å². The van der Waals surface area contributed by atoms with E-state index in [9.17, 15) is 4.79 Å². The number of carbonyl (C=O) groups excluding carboxylic acids is 1. The zero-order valence-electron chi connectivity index (χ0n) is 16.1. The third kappa shape index (κ3) is 3.61. The van der Waals surface area contributed by atoms with E-state index in [1.165, 1.54) is 11.1 Å². The summed E-state index contributed by atoms with van der Waals surface area (Å²) in [5, 5.41) is 11.4. The van der Waals surface area contributed by atoms with E-state index in [2.05, 4.69) is 45.7 Å². The SMILES string of the molecule is CCN1CCc2c(cccc2-n2nnc(C(=O)NC[C@@H]3CCCO3)c2C)C1. The molecule has 0 bridgehead atoms. The summed E-state index contributed by atoms with van der Waals surface area (Å²) < 4.78 is 7.37. The van der Waals surface area contributed by atoms with Crippen LogP contribution in [0.1, 0.15) is 47.1 Å². The molecule has 1 atom stereocenters. The fourth-order valence-corrected chi connectivity index (χ4v) is 3.98. The Balaban J connectivity index is 1.55. The summed E-state index contributed by atoms with van der Waals surface area (Å²) in [7, 11) is 0. The molecule has 1 fully saturated rings. The van der Waals surface area contributed by atoms with Crippen molar-refractivity contribution in [3.05, 3.63) is 40.7 Å². The number of nitrogens with zero attached hydrogens (tertiary/aromatic N) is 4.